The van der Waals surface area contributed by atoms with Crippen molar-refractivity contribution < 1.29 is 18.3 Å². The molecule has 11 heteroatoms. The number of H-pyrrole nitrogens is 2. The van der Waals surface area contributed by atoms with Gasteiger partial charge in [-0.2, -0.15) is 5.10 Å². The Bertz CT molecular complexity index is 1750. The van der Waals surface area contributed by atoms with E-state index >= 15 is 0 Å². The minimum Gasteiger partial charge on any atom is -0.379 e. The molecule has 204 valence electrons. The molecule has 40 heavy (non-hydrogen) atoms. The molecule has 1 aliphatic rings. The first-order chi connectivity index (χ1) is 19.4. The van der Waals surface area contributed by atoms with Gasteiger partial charge in [-0.15, -0.1) is 0 Å². The summed E-state index contributed by atoms with van der Waals surface area (Å²) in [6.07, 6.45) is 4.39. The van der Waals surface area contributed by atoms with Gasteiger partial charge in [0.1, 0.15) is 0 Å². The molecule has 0 aliphatic carbocycles. The summed E-state index contributed by atoms with van der Waals surface area (Å²) >= 11 is 0. The van der Waals surface area contributed by atoms with Gasteiger partial charge in [0.25, 0.3) is 11.5 Å². The van der Waals surface area contributed by atoms with E-state index in [1.807, 2.05) is 12.1 Å². The van der Waals surface area contributed by atoms with E-state index in [2.05, 4.69) is 37.4 Å². The van der Waals surface area contributed by atoms with Crippen LogP contribution in [0.1, 0.15) is 21.5 Å². The molecule has 0 unspecified atom stereocenters. The monoisotopic (exact) mass is 544 g/mol. The maximum Gasteiger partial charge on any atom is 0.257 e. The van der Waals surface area contributed by atoms with E-state index in [4.69, 9.17) is 4.74 Å². The molecule has 1 fully saturated rings. The van der Waals surface area contributed by atoms with E-state index in [9.17, 15) is 18.4 Å². The quantitative estimate of drug-likeness (QED) is 0.286. The predicted octanol–water partition coefficient (Wildman–Crippen LogP) is 4.13. The summed E-state index contributed by atoms with van der Waals surface area (Å²) < 4.78 is 33.6. The maximum absolute atomic E-state index is 13.5. The number of nitrogens with one attached hydrogen (secondary N) is 3. The fourth-order valence-corrected chi connectivity index (χ4v) is 4.80. The lowest BCUT2D eigenvalue weighted by Gasteiger charge is -2.26. The van der Waals surface area contributed by atoms with E-state index in [0.717, 1.165) is 55.9 Å². The van der Waals surface area contributed by atoms with Crippen LogP contribution in [0.4, 0.5) is 14.5 Å². The molecule has 0 spiro atoms. The number of morpholine rings is 1. The second kappa shape index (κ2) is 10.9. The third-order valence-corrected chi connectivity index (χ3v) is 6.87. The average Bonchev–Trinajstić information content (AvgIpc) is 3.58. The maximum atomic E-state index is 13.5. The van der Waals surface area contributed by atoms with E-state index < -0.39 is 17.5 Å². The number of benzene rings is 2. The van der Waals surface area contributed by atoms with Crippen LogP contribution in [0.25, 0.3) is 22.2 Å². The molecular weight excluding hydrogens is 518 g/mol. The number of hydrogen-bond acceptors (Lipinski definition) is 5. The molecule has 6 rings (SSSR count). The van der Waals surface area contributed by atoms with Gasteiger partial charge in [-0.25, -0.2) is 8.78 Å². The van der Waals surface area contributed by atoms with Gasteiger partial charge in [0.2, 0.25) is 0 Å². The predicted molar refractivity (Wildman–Crippen MR) is 146 cm³/mol. The van der Waals surface area contributed by atoms with Crippen LogP contribution in [0.5, 0.6) is 0 Å². The number of pyridine rings is 1. The molecule has 1 amide bonds. The van der Waals surface area contributed by atoms with E-state index in [-0.39, 0.29) is 17.7 Å². The van der Waals surface area contributed by atoms with Crippen LogP contribution in [0.15, 0.2) is 71.9 Å². The molecule has 3 N–H and O–H groups in total. The van der Waals surface area contributed by atoms with E-state index in [1.165, 1.54) is 28.7 Å². The first kappa shape index (κ1) is 25.7. The van der Waals surface area contributed by atoms with Crippen molar-refractivity contribution in [1.29, 1.82) is 0 Å². The highest BCUT2D eigenvalue weighted by Gasteiger charge is 2.15. The number of amides is 1. The summed E-state index contributed by atoms with van der Waals surface area (Å²) in [5.41, 5.74) is 3.89. The Kier molecular flexibility index (Phi) is 6.97. The van der Waals surface area contributed by atoms with Crippen molar-refractivity contribution in [2.45, 2.75) is 13.1 Å². The van der Waals surface area contributed by atoms with Gasteiger partial charge in [0, 0.05) is 42.9 Å². The van der Waals surface area contributed by atoms with Crippen molar-refractivity contribution in [2.75, 3.05) is 31.6 Å². The van der Waals surface area contributed by atoms with Crippen molar-refractivity contribution in [2.24, 2.45) is 0 Å². The Morgan fingerprint density at radius 3 is 2.62 bits per heavy atom. The van der Waals surface area contributed by atoms with Crippen LogP contribution in [0, 0.1) is 11.6 Å². The van der Waals surface area contributed by atoms with Gasteiger partial charge in [-0.3, -0.25) is 19.2 Å². The lowest BCUT2D eigenvalue weighted by atomic mass is 10.1. The lowest BCUT2D eigenvalue weighted by Crippen LogP contribution is -2.35. The average molecular weight is 545 g/mol. The van der Waals surface area contributed by atoms with Crippen molar-refractivity contribution in [3.05, 3.63) is 106 Å². The van der Waals surface area contributed by atoms with Crippen LogP contribution in [0.3, 0.4) is 0 Å². The Labute approximate surface area is 227 Å². The normalized spacial score (nSPS) is 14.1. The minimum absolute atomic E-state index is 0.199. The molecule has 0 saturated carbocycles. The third-order valence-electron chi connectivity index (χ3n) is 6.87. The number of halogens is 2. The van der Waals surface area contributed by atoms with Crippen LogP contribution in [-0.2, 0) is 17.8 Å². The topological polar surface area (TPSA) is 108 Å². The Morgan fingerprint density at radius 1 is 1.00 bits per heavy atom. The van der Waals surface area contributed by atoms with Gasteiger partial charge < -0.3 is 20.0 Å². The second-order valence-corrected chi connectivity index (χ2v) is 9.75. The van der Waals surface area contributed by atoms with Gasteiger partial charge in [-0.1, -0.05) is 12.1 Å². The highest BCUT2D eigenvalue weighted by molar-refractivity contribution is 6.04. The second-order valence-electron chi connectivity index (χ2n) is 9.75. The Hall–Kier alpha value is -4.61. The van der Waals surface area contributed by atoms with Gasteiger partial charge in [0.05, 0.1) is 48.5 Å². The molecule has 0 bridgehead atoms. The number of aromatic amines is 2. The fraction of sp³-hybridized carbons (Fsp3) is 0.207. The van der Waals surface area contributed by atoms with Crippen LogP contribution in [0.2, 0.25) is 0 Å². The molecule has 1 saturated heterocycles. The minimum atomic E-state index is -0.935. The number of carbonyl (C=O) groups excluding carboxylic acids is 1. The SMILES string of the molecule is O=C(Nc1cnn(Cc2ccc(F)c(F)c2)c1)c1c[nH]c(=O)c(-c2cc3cc(CN4CCOCC4)ccc3[nH]2)c1. The number of hydrogen-bond donors (Lipinski definition) is 3. The smallest absolute Gasteiger partial charge is 0.257 e. The molecular formula is C29H26F2N6O3. The van der Waals surface area contributed by atoms with Gasteiger partial charge in [-0.05, 0) is 47.5 Å². The summed E-state index contributed by atoms with van der Waals surface area (Å²) in [4.78, 5) is 33.9. The number of carbonyl (C=O) groups is 1. The van der Waals surface area contributed by atoms with Crippen LogP contribution < -0.4 is 10.9 Å². The number of ether oxygens (including phenoxy) is 1. The molecule has 0 radical (unpaired) electrons. The molecule has 1 aliphatic heterocycles. The first-order valence-electron chi connectivity index (χ1n) is 12.8. The Morgan fingerprint density at radius 2 is 1.80 bits per heavy atom. The molecule has 5 aromatic rings. The largest absolute Gasteiger partial charge is 0.379 e. The summed E-state index contributed by atoms with van der Waals surface area (Å²) in [5, 5.41) is 7.90. The van der Waals surface area contributed by atoms with Crippen LogP contribution in [-0.4, -0.2) is 56.9 Å². The standard InChI is InChI=1S/C29H26F2N6O3/c30-24-3-1-19(10-25(24)31)16-37-17-22(14-33-37)34-28(38)21-11-23(29(39)32-13-21)27-12-20-9-18(2-4-26(20)35-27)15-36-5-7-40-8-6-36/h1-4,9-14,17,35H,5-8,15-16H2,(H,32,39)(H,34,38). The zero-order valence-corrected chi connectivity index (χ0v) is 21.4. The number of fused-ring (bicyclic) bond motifs is 1. The van der Waals surface area contributed by atoms with Crippen molar-refractivity contribution in [3.8, 4) is 11.3 Å². The highest BCUT2D eigenvalue weighted by atomic mass is 19.2. The third kappa shape index (κ3) is 5.56. The molecule has 2 aromatic carbocycles. The summed E-state index contributed by atoms with van der Waals surface area (Å²) in [6, 6.07) is 13.2. The number of anilines is 1. The van der Waals surface area contributed by atoms with Crippen LogP contribution >= 0.6 is 0 Å². The van der Waals surface area contributed by atoms with Crippen molar-refractivity contribution in [1.82, 2.24) is 24.6 Å². The van der Waals surface area contributed by atoms with E-state index in [0.29, 0.717) is 22.5 Å². The number of rotatable bonds is 7. The summed E-state index contributed by atoms with van der Waals surface area (Å²) in [7, 11) is 0. The number of aromatic nitrogens is 4. The lowest BCUT2D eigenvalue weighted by molar-refractivity contribution is 0.0342. The molecule has 4 heterocycles. The molecule has 3 aromatic heterocycles. The summed E-state index contributed by atoms with van der Waals surface area (Å²) in [6.45, 7) is 4.30. The van der Waals surface area contributed by atoms with E-state index in [1.54, 1.807) is 12.3 Å². The summed E-state index contributed by atoms with van der Waals surface area (Å²) in [5.74, 6) is -2.29. The first-order valence-corrected chi connectivity index (χ1v) is 12.8. The van der Waals surface area contributed by atoms with Gasteiger partial charge >= 0.3 is 0 Å². The Balaban J connectivity index is 1.17. The van der Waals surface area contributed by atoms with Crippen molar-refractivity contribution in [3.63, 3.8) is 0 Å². The zero-order valence-electron chi connectivity index (χ0n) is 21.4. The number of nitrogens with zero attached hydrogens (tertiary/aromatic N) is 3. The highest BCUT2D eigenvalue weighted by Crippen LogP contribution is 2.24. The van der Waals surface area contributed by atoms with Gasteiger partial charge in [0.15, 0.2) is 11.6 Å². The molecule has 0 atom stereocenters. The zero-order chi connectivity index (χ0) is 27.6. The van der Waals surface area contributed by atoms with Crippen molar-refractivity contribution >= 4 is 22.5 Å². The fourth-order valence-electron chi connectivity index (χ4n) is 4.80. The molecule has 9 nitrogen and oxygen atoms in total.